The maximum Gasteiger partial charge on any atom is 0.237 e. The van der Waals surface area contributed by atoms with Gasteiger partial charge in [0, 0.05) is 49.4 Å². The molecule has 1 atom stereocenters. The number of para-hydroxylation sites is 1. The summed E-state index contributed by atoms with van der Waals surface area (Å²) in [5.41, 5.74) is 9.91. The fraction of sp³-hybridized carbons (Fsp3) is 0.320. The molecule has 0 heterocycles. The van der Waals surface area contributed by atoms with Crippen molar-refractivity contribution in [3.05, 3.63) is 71.6 Å². The number of likely N-dealkylation sites (N-methyl/N-ethyl adjacent to an activating group) is 2. The first-order chi connectivity index (χ1) is 16.5. The lowest BCUT2D eigenvalue weighted by Gasteiger charge is -2.27. The lowest BCUT2D eigenvalue weighted by Crippen LogP contribution is -2.43. The van der Waals surface area contributed by atoms with Gasteiger partial charge in [-0.2, -0.15) is 5.11 Å². The van der Waals surface area contributed by atoms with Gasteiger partial charge in [0.1, 0.15) is 12.0 Å². The zero-order chi connectivity index (χ0) is 24.8. The first-order valence-corrected chi connectivity index (χ1v) is 11.0. The predicted molar refractivity (Wildman–Crippen MR) is 130 cm³/mol. The zero-order valence-electron chi connectivity index (χ0n) is 19.5. The molecule has 34 heavy (non-hydrogen) atoms. The van der Waals surface area contributed by atoms with Crippen LogP contribution in [0.5, 0.6) is 5.75 Å². The summed E-state index contributed by atoms with van der Waals surface area (Å²) >= 11 is 0. The van der Waals surface area contributed by atoms with E-state index in [9.17, 15) is 14.4 Å². The van der Waals surface area contributed by atoms with Gasteiger partial charge in [0.25, 0.3) is 0 Å². The maximum atomic E-state index is 12.3. The van der Waals surface area contributed by atoms with E-state index >= 15 is 0 Å². The summed E-state index contributed by atoms with van der Waals surface area (Å²) in [6.07, 6.45) is 4.20. The SMILES string of the molecule is CNC(=O)C(CCC=O)N(C)Cc1c(C=O)cccc1OCC/C(=C/Nc1ccccc1)N=N. The number of aldehydes is 2. The Bertz CT molecular complexity index is 994. The molecular weight excluding hydrogens is 434 g/mol. The molecule has 0 saturated heterocycles. The minimum absolute atomic E-state index is 0.201. The van der Waals surface area contributed by atoms with Crippen LogP contribution in [-0.4, -0.2) is 50.1 Å². The number of nitrogens with one attached hydrogen (secondary N) is 3. The number of hydrogen-bond donors (Lipinski definition) is 3. The molecule has 2 aromatic carbocycles. The number of rotatable bonds is 15. The van der Waals surface area contributed by atoms with Crippen molar-refractivity contribution in [1.82, 2.24) is 10.2 Å². The molecule has 0 saturated carbocycles. The first-order valence-electron chi connectivity index (χ1n) is 11.0. The number of carbonyl (C=O) groups is 3. The van der Waals surface area contributed by atoms with Gasteiger partial charge in [0.05, 0.1) is 18.3 Å². The second-order valence-electron chi connectivity index (χ2n) is 7.59. The molecule has 0 aliphatic carbocycles. The van der Waals surface area contributed by atoms with Gasteiger partial charge in [-0.25, -0.2) is 5.53 Å². The molecule has 1 amide bonds. The van der Waals surface area contributed by atoms with E-state index in [0.717, 1.165) is 18.3 Å². The minimum Gasteiger partial charge on any atom is -0.493 e. The summed E-state index contributed by atoms with van der Waals surface area (Å²) in [5, 5.41) is 9.27. The van der Waals surface area contributed by atoms with Crippen LogP contribution >= 0.6 is 0 Å². The zero-order valence-corrected chi connectivity index (χ0v) is 19.5. The van der Waals surface area contributed by atoms with E-state index in [0.29, 0.717) is 35.4 Å². The van der Waals surface area contributed by atoms with Gasteiger partial charge >= 0.3 is 0 Å². The van der Waals surface area contributed by atoms with Crippen LogP contribution in [0.3, 0.4) is 0 Å². The third kappa shape index (κ3) is 7.93. The van der Waals surface area contributed by atoms with Crippen LogP contribution in [-0.2, 0) is 16.1 Å². The number of ether oxygens (including phenoxy) is 1. The molecule has 3 N–H and O–H groups in total. The lowest BCUT2D eigenvalue weighted by molar-refractivity contribution is -0.126. The van der Waals surface area contributed by atoms with Crippen molar-refractivity contribution in [1.29, 1.82) is 5.53 Å². The van der Waals surface area contributed by atoms with E-state index in [1.165, 1.54) is 0 Å². The second-order valence-corrected chi connectivity index (χ2v) is 7.59. The Morgan fingerprint density at radius 3 is 2.59 bits per heavy atom. The standard InChI is InChI=1S/C25H31N5O4/c1-27-25(33)23(11-7-14-31)30(2)17-22-19(18-32)8-6-12-24(22)34-15-13-21(29-26)16-28-20-9-4-3-5-10-20/h3-6,8-10,12,14,16,18,23,26,28H,7,11,13,15,17H2,1-2H3,(H,27,33)/b21-16-,29-26?. The van der Waals surface area contributed by atoms with Gasteiger partial charge < -0.3 is 20.2 Å². The van der Waals surface area contributed by atoms with Gasteiger partial charge in [0.2, 0.25) is 5.91 Å². The highest BCUT2D eigenvalue weighted by atomic mass is 16.5. The number of nitrogens with zero attached hydrogens (tertiary/aromatic N) is 2. The van der Waals surface area contributed by atoms with Crippen LogP contribution in [0.25, 0.3) is 0 Å². The van der Waals surface area contributed by atoms with Crippen molar-refractivity contribution >= 4 is 24.2 Å². The Balaban J connectivity index is 2.11. The van der Waals surface area contributed by atoms with E-state index in [1.54, 1.807) is 43.4 Å². The van der Waals surface area contributed by atoms with Gasteiger partial charge in [-0.05, 0) is 31.7 Å². The van der Waals surface area contributed by atoms with Crippen LogP contribution in [0.1, 0.15) is 35.2 Å². The van der Waals surface area contributed by atoms with Gasteiger partial charge in [0.15, 0.2) is 6.29 Å². The third-order valence-corrected chi connectivity index (χ3v) is 5.28. The number of benzene rings is 2. The molecule has 0 radical (unpaired) electrons. The molecule has 0 aliphatic rings. The highest BCUT2D eigenvalue weighted by Crippen LogP contribution is 2.25. The minimum atomic E-state index is -0.525. The van der Waals surface area contributed by atoms with Crippen molar-refractivity contribution in [3.8, 4) is 5.75 Å². The summed E-state index contributed by atoms with van der Waals surface area (Å²) in [6, 6.07) is 14.2. The van der Waals surface area contributed by atoms with E-state index < -0.39 is 6.04 Å². The van der Waals surface area contributed by atoms with E-state index in [4.69, 9.17) is 10.3 Å². The Morgan fingerprint density at radius 1 is 1.18 bits per heavy atom. The number of hydrogen-bond acceptors (Lipinski definition) is 8. The quantitative estimate of drug-likeness (QED) is 0.272. The summed E-state index contributed by atoms with van der Waals surface area (Å²) < 4.78 is 5.96. The average Bonchev–Trinajstić information content (AvgIpc) is 2.87. The van der Waals surface area contributed by atoms with Gasteiger partial charge in [-0.3, -0.25) is 14.5 Å². The fourth-order valence-corrected chi connectivity index (χ4v) is 3.43. The fourth-order valence-electron chi connectivity index (χ4n) is 3.43. The molecule has 0 bridgehead atoms. The monoisotopic (exact) mass is 465 g/mol. The Kier molecular flexibility index (Phi) is 11.1. The average molecular weight is 466 g/mol. The molecular formula is C25H31N5O4. The third-order valence-electron chi connectivity index (χ3n) is 5.28. The summed E-state index contributed by atoms with van der Waals surface area (Å²) in [6.45, 7) is 0.524. The highest BCUT2D eigenvalue weighted by Gasteiger charge is 2.24. The van der Waals surface area contributed by atoms with E-state index in [2.05, 4.69) is 15.7 Å². The number of amides is 1. The maximum absolute atomic E-state index is 12.3. The van der Waals surface area contributed by atoms with Crippen LogP contribution in [0.2, 0.25) is 0 Å². The highest BCUT2D eigenvalue weighted by molar-refractivity contribution is 5.82. The van der Waals surface area contributed by atoms with Gasteiger partial charge in [-0.15, -0.1) is 0 Å². The van der Waals surface area contributed by atoms with Crippen molar-refractivity contribution in [2.24, 2.45) is 5.11 Å². The smallest absolute Gasteiger partial charge is 0.237 e. The molecule has 9 heteroatoms. The number of carbonyl (C=O) groups excluding carboxylic acids is 3. The molecule has 2 rings (SSSR count). The van der Waals surface area contributed by atoms with Crippen LogP contribution in [0.15, 0.2) is 65.5 Å². The summed E-state index contributed by atoms with van der Waals surface area (Å²) in [5.74, 6) is 0.316. The molecule has 2 aromatic rings. The predicted octanol–water partition coefficient (Wildman–Crippen LogP) is 3.78. The Hall–Kier alpha value is -3.85. The summed E-state index contributed by atoms with van der Waals surface area (Å²) in [7, 11) is 3.32. The van der Waals surface area contributed by atoms with Crippen molar-refractivity contribution in [2.75, 3.05) is 26.0 Å². The first kappa shape index (κ1) is 26.4. The van der Waals surface area contributed by atoms with Crippen molar-refractivity contribution in [3.63, 3.8) is 0 Å². The second kappa shape index (κ2) is 14.3. The van der Waals surface area contributed by atoms with Gasteiger partial charge in [-0.1, -0.05) is 30.3 Å². The van der Waals surface area contributed by atoms with Crippen molar-refractivity contribution in [2.45, 2.75) is 31.8 Å². The van der Waals surface area contributed by atoms with Crippen LogP contribution in [0.4, 0.5) is 5.69 Å². The Morgan fingerprint density at radius 2 is 1.94 bits per heavy atom. The molecule has 9 nitrogen and oxygen atoms in total. The molecule has 0 aliphatic heterocycles. The van der Waals surface area contributed by atoms with Crippen LogP contribution < -0.4 is 15.4 Å². The normalized spacial score (nSPS) is 12.0. The van der Waals surface area contributed by atoms with E-state index in [1.807, 2.05) is 30.3 Å². The largest absolute Gasteiger partial charge is 0.493 e. The van der Waals surface area contributed by atoms with Crippen molar-refractivity contribution < 1.29 is 19.1 Å². The molecule has 0 spiro atoms. The van der Waals surface area contributed by atoms with E-state index in [-0.39, 0.29) is 25.5 Å². The molecule has 0 aromatic heterocycles. The van der Waals surface area contributed by atoms with Crippen LogP contribution in [0, 0.1) is 5.53 Å². The molecule has 1 unspecified atom stereocenters. The molecule has 0 fully saturated rings. The lowest BCUT2D eigenvalue weighted by atomic mass is 10.0. The Labute approximate surface area is 199 Å². The summed E-state index contributed by atoms with van der Waals surface area (Å²) in [4.78, 5) is 36.6. The molecule has 180 valence electrons. The topological polar surface area (TPSA) is 124 Å². The number of anilines is 1.